The lowest BCUT2D eigenvalue weighted by molar-refractivity contribution is -0.129. The summed E-state index contributed by atoms with van der Waals surface area (Å²) in [5.41, 5.74) is 1.83. The van der Waals surface area contributed by atoms with E-state index in [-0.39, 0.29) is 30.2 Å². The standard InChI is InChI=1S/C20H21F2N3O2.C8H18/c1-13(26)24-8-7-16-17(11-24)23-12-25(19(16)27)18(14-5-3-2-4-6-14)15-9-20(21,22)10-15;1-4-6-8(3)7-5-2/h2-6,12,15,18H,7-11H2,1H3;8H,4-7H2,1-3H3. The first-order valence-electron chi connectivity index (χ1n) is 12.9. The summed E-state index contributed by atoms with van der Waals surface area (Å²) < 4.78 is 28.6. The van der Waals surface area contributed by atoms with E-state index in [1.54, 1.807) is 4.90 Å². The van der Waals surface area contributed by atoms with Crippen molar-refractivity contribution in [2.24, 2.45) is 11.8 Å². The van der Waals surface area contributed by atoms with Gasteiger partial charge in [-0.1, -0.05) is 76.8 Å². The van der Waals surface area contributed by atoms with Crippen LogP contribution in [0.15, 0.2) is 41.5 Å². The molecule has 0 N–H and O–H groups in total. The van der Waals surface area contributed by atoms with Crippen molar-refractivity contribution < 1.29 is 13.6 Å². The maximum atomic E-state index is 13.5. The lowest BCUT2D eigenvalue weighted by atomic mass is 9.74. The number of aromatic nitrogens is 2. The van der Waals surface area contributed by atoms with Gasteiger partial charge in [-0.15, -0.1) is 0 Å². The summed E-state index contributed by atoms with van der Waals surface area (Å²) >= 11 is 0. The number of amides is 1. The van der Waals surface area contributed by atoms with Crippen molar-refractivity contribution in [3.8, 4) is 0 Å². The Morgan fingerprint density at radius 1 is 1.14 bits per heavy atom. The fourth-order valence-corrected chi connectivity index (χ4v) is 5.27. The van der Waals surface area contributed by atoms with Gasteiger partial charge in [0.05, 0.1) is 24.6 Å². The van der Waals surface area contributed by atoms with Gasteiger partial charge in [0, 0.05) is 31.9 Å². The van der Waals surface area contributed by atoms with Crippen LogP contribution in [-0.4, -0.2) is 32.8 Å². The van der Waals surface area contributed by atoms with Crippen molar-refractivity contribution in [3.63, 3.8) is 0 Å². The zero-order chi connectivity index (χ0) is 25.6. The normalized spacial score (nSPS) is 17.7. The van der Waals surface area contributed by atoms with Gasteiger partial charge in [-0.2, -0.15) is 0 Å². The van der Waals surface area contributed by atoms with E-state index in [9.17, 15) is 18.4 Å². The molecule has 7 heteroatoms. The quantitative estimate of drug-likeness (QED) is 0.481. The Labute approximate surface area is 207 Å². The van der Waals surface area contributed by atoms with Crippen LogP contribution in [0.2, 0.25) is 0 Å². The molecule has 1 atom stereocenters. The average molecular weight is 488 g/mol. The predicted molar refractivity (Wildman–Crippen MR) is 135 cm³/mol. The molecule has 1 aliphatic carbocycles. The molecule has 1 aliphatic heterocycles. The molecule has 5 nitrogen and oxygen atoms in total. The second-order valence-electron chi connectivity index (χ2n) is 10.1. The van der Waals surface area contributed by atoms with Gasteiger partial charge in [0.15, 0.2) is 0 Å². The van der Waals surface area contributed by atoms with Gasteiger partial charge in [-0.3, -0.25) is 14.2 Å². The molecule has 2 aliphatic rings. The minimum atomic E-state index is -2.66. The van der Waals surface area contributed by atoms with Crippen LogP contribution in [0.3, 0.4) is 0 Å². The summed E-state index contributed by atoms with van der Waals surface area (Å²) in [5, 5.41) is 0. The molecule has 0 bridgehead atoms. The average Bonchev–Trinajstić information content (AvgIpc) is 2.81. The van der Waals surface area contributed by atoms with Gasteiger partial charge in [0.1, 0.15) is 0 Å². The molecule has 0 spiro atoms. The molecule has 0 saturated heterocycles. The van der Waals surface area contributed by atoms with E-state index in [1.807, 2.05) is 30.3 Å². The summed E-state index contributed by atoms with van der Waals surface area (Å²) in [5.74, 6) is -2.06. The Bertz CT molecular complexity index is 1020. The van der Waals surface area contributed by atoms with Crippen molar-refractivity contribution in [1.82, 2.24) is 14.5 Å². The Morgan fingerprint density at radius 3 is 2.31 bits per heavy atom. The molecule has 0 radical (unpaired) electrons. The molecule has 35 heavy (non-hydrogen) atoms. The Kier molecular flexibility index (Phi) is 9.20. The van der Waals surface area contributed by atoms with E-state index >= 15 is 0 Å². The van der Waals surface area contributed by atoms with Crippen molar-refractivity contribution in [2.75, 3.05) is 6.54 Å². The van der Waals surface area contributed by atoms with E-state index in [1.165, 1.54) is 43.5 Å². The van der Waals surface area contributed by atoms with Gasteiger partial charge in [0.2, 0.25) is 11.8 Å². The van der Waals surface area contributed by atoms with Crippen LogP contribution in [-0.2, 0) is 17.8 Å². The third-order valence-electron chi connectivity index (χ3n) is 7.17. The molecule has 4 rings (SSSR count). The molecule has 192 valence electrons. The van der Waals surface area contributed by atoms with Crippen molar-refractivity contribution in [2.45, 2.75) is 91.1 Å². The number of fused-ring (bicyclic) bond motifs is 1. The third kappa shape index (κ3) is 6.77. The van der Waals surface area contributed by atoms with E-state index in [0.717, 1.165) is 11.5 Å². The molecule has 2 aromatic rings. The second kappa shape index (κ2) is 11.9. The van der Waals surface area contributed by atoms with Crippen LogP contribution in [0.4, 0.5) is 8.78 Å². The highest BCUT2D eigenvalue weighted by Gasteiger charge is 2.49. The molecule has 1 unspecified atom stereocenters. The zero-order valence-corrected chi connectivity index (χ0v) is 21.5. The van der Waals surface area contributed by atoms with Crippen LogP contribution in [0.25, 0.3) is 0 Å². The smallest absolute Gasteiger partial charge is 0.257 e. The van der Waals surface area contributed by atoms with Gasteiger partial charge in [-0.25, -0.2) is 13.8 Å². The maximum absolute atomic E-state index is 13.5. The lowest BCUT2D eigenvalue weighted by Gasteiger charge is -2.41. The minimum absolute atomic E-state index is 0.0505. The maximum Gasteiger partial charge on any atom is 0.257 e. The molecule has 2 heterocycles. The van der Waals surface area contributed by atoms with Gasteiger partial charge < -0.3 is 4.90 Å². The fraction of sp³-hybridized carbons (Fsp3) is 0.607. The third-order valence-corrected chi connectivity index (χ3v) is 7.17. The zero-order valence-electron chi connectivity index (χ0n) is 21.5. The number of alkyl halides is 2. The van der Waals surface area contributed by atoms with Crippen LogP contribution in [0, 0.1) is 11.8 Å². The number of hydrogen-bond donors (Lipinski definition) is 0. The van der Waals surface area contributed by atoms with E-state index in [4.69, 9.17) is 0 Å². The largest absolute Gasteiger partial charge is 0.337 e. The Hall–Kier alpha value is -2.57. The fourth-order valence-electron chi connectivity index (χ4n) is 5.27. The summed E-state index contributed by atoms with van der Waals surface area (Å²) in [6.07, 6.45) is 6.95. The number of rotatable bonds is 7. The Balaban J connectivity index is 0.000000371. The SMILES string of the molecule is CC(=O)N1CCc2c(ncn(C(c3ccccc3)C3CC(F)(F)C3)c2=O)C1.CCCC(C)CCC. The highest BCUT2D eigenvalue weighted by molar-refractivity contribution is 5.73. The molecule has 1 amide bonds. The number of benzene rings is 1. The van der Waals surface area contributed by atoms with E-state index < -0.39 is 12.0 Å². The highest BCUT2D eigenvalue weighted by atomic mass is 19.3. The van der Waals surface area contributed by atoms with Crippen LogP contribution in [0.5, 0.6) is 0 Å². The second-order valence-corrected chi connectivity index (χ2v) is 10.1. The first kappa shape index (κ1) is 27.0. The number of carbonyl (C=O) groups excluding carboxylic acids is 1. The molecule has 1 aromatic carbocycles. The first-order valence-corrected chi connectivity index (χ1v) is 12.9. The molecular weight excluding hydrogens is 448 g/mol. The highest BCUT2D eigenvalue weighted by Crippen LogP contribution is 2.49. The van der Waals surface area contributed by atoms with Crippen LogP contribution >= 0.6 is 0 Å². The van der Waals surface area contributed by atoms with Crippen molar-refractivity contribution in [1.29, 1.82) is 0 Å². The molecule has 1 fully saturated rings. The molecule has 1 aromatic heterocycles. The predicted octanol–water partition coefficient (Wildman–Crippen LogP) is 6.01. The minimum Gasteiger partial charge on any atom is -0.337 e. The van der Waals surface area contributed by atoms with Gasteiger partial charge in [-0.05, 0) is 23.8 Å². The lowest BCUT2D eigenvalue weighted by Crippen LogP contribution is -2.45. The summed E-state index contributed by atoms with van der Waals surface area (Å²) in [6.45, 7) is 9.14. The number of hydrogen-bond acceptors (Lipinski definition) is 3. The molecule has 1 saturated carbocycles. The van der Waals surface area contributed by atoms with Crippen molar-refractivity contribution in [3.05, 3.63) is 63.8 Å². The first-order chi connectivity index (χ1) is 16.7. The monoisotopic (exact) mass is 487 g/mol. The van der Waals surface area contributed by atoms with E-state index in [0.29, 0.717) is 30.8 Å². The number of carbonyl (C=O) groups is 1. The van der Waals surface area contributed by atoms with Gasteiger partial charge in [0.25, 0.3) is 5.56 Å². The summed E-state index contributed by atoms with van der Waals surface area (Å²) in [4.78, 5) is 30.8. The number of nitrogens with zero attached hydrogens (tertiary/aromatic N) is 3. The Morgan fingerprint density at radius 2 is 1.77 bits per heavy atom. The van der Waals surface area contributed by atoms with Gasteiger partial charge >= 0.3 is 0 Å². The van der Waals surface area contributed by atoms with Crippen LogP contribution in [0.1, 0.15) is 89.1 Å². The van der Waals surface area contributed by atoms with Crippen molar-refractivity contribution >= 4 is 5.91 Å². The number of halogens is 2. The summed E-state index contributed by atoms with van der Waals surface area (Å²) in [6, 6.07) is 8.83. The molecular formula is C28H39F2N3O2. The van der Waals surface area contributed by atoms with E-state index in [2.05, 4.69) is 25.8 Å². The topological polar surface area (TPSA) is 55.2 Å². The summed E-state index contributed by atoms with van der Waals surface area (Å²) in [7, 11) is 0. The van der Waals surface area contributed by atoms with Crippen LogP contribution < -0.4 is 5.56 Å².